The van der Waals surface area contributed by atoms with Crippen LogP contribution in [0.15, 0.2) is 30.3 Å². The van der Waals surface area contributed by atoms with Crippen LogP contribution in [0, 0.1) is 0 Å². The van der Waals surface area contributed by atoms with Gasteiger partial charge in [0.2, 0.25) is 6.79 Å². The van der Waals surface area contributed by atoms with E-state index in [-0.39, 0.29) is 12.9 Å². The highest BCUT2D eigenvalue weighted by atomic mass is 35.5. The van der Waals surface area contributed by atoms with Crippen LogP contribution in [0.5, 0.6) is 23.0 Å². The monoisotopic (exact) mass is 363 g/mol. The predicted octanol–water partition coefficient (Wildman–Crippen LogP) is 4.15. The van der Waals surface area contributed by atoms with Crippen molar-refractivity contribution in [2.24, 2.45) is 0 Å². The van der Waals surface area contributed by atoms with Crippen molar-refractivity contribution in [2.45, 2.75) is 33.0 Å². The van der Waals surface area contributed by atoms with Gasteiger partial charge in [-0.05, 0) is 49.2 Å². The molecule has 0 spiro atoms. The van der Waals surface area contributed by atoms with Gasteiger partial charge in [-0.25, -0.2) is 0 Å². The van der Waals surface area contributed by atoms with Crippen molar-refractivity contribution in [3.8, 4) is 23.0 Å². The van der Waals surface area contributed by atoms with Crippen LogP contribution in [0.2, 0.25) is 5.02 Å². The smallest absolute Gasteiger partial charge is 0.231 e. The van der Waals surface area contributed by atoms with Gasteiger partial charge in [-0.15, -0.1) is 0 Å². The fraction of sp³-hybridized carbons (Fsp3) is 0.368. The first-order valence-electron chi connectivity index (χ1n) is 8.19. The van der Waals surface area contributed by atoms with Crippen molar-refractivity contribution >= 4 is 11.6 Å². The van der Waals surface area contributed by atoms with Crippen LogP contribution < -0.4 is 24.3 Å². The highest BCUT2D eigenvalue weighted by Gasteiger charge is 2.14. The molecule has 1 aliphatic rings. The molecule has 134 valence electrons. The minimum Gasteiger partial charge on any atom is -0.493 e. The summed E-state index contributed by atoms with van der Waals surface area (Å²) in [6, 6.07) is 9.78. The van der Waals surface area contributed by atoms with Crippen LogP contribution in [-0.4, -0.2) is 20.0 Å². The van der Waals surface area contributed by atoms with Gasteiger partial charge in [0.05, 0.1) is 18.2 Å². The first kappa shape index (κ1) is 17.7. The third-order valence-corrected chi connectivity index (χ3v) is 4.02. The SMILES string of the molecule is COc1cc(CNCc2ccc3c(c2)OCO3)cc(Cl)c1OC(C)C. The number of halogens is 1. The molecule has 0 saturated heterocycles. The molecule has 1 aliphatic heterocycles. The fourth-order valence-electron chi connectivity index (χ4n) is 2.63. The Hall–Kier alpha value is -2.11. The van der Waals surface area contributed by atoms with Crippen LogP contribution in [0.4, 0.5) is 0 Å². The molecule has 0 aliphatic carbocycles. The first-order chi connectivity index (χ1) is 12.1. The number of methoxy groups -OCH3 is 1. The van der Waals surface area contributed by atoms with E-state index in [0.717, 1.165) is 22.6 Å². The summed E-state index contributed by atoms with van der Waals surface area (Å²) < 4.78 is 21.9. The lowest BCUT2D eigenvalue weighted by Crippen LogP contribution is -2.13. The molecule has 3 rings (SSSR count). The molecule has 0 saturated carbocycles. The topological polar surface area (TPSA) is 49.0 Å². The second kappa shape index (κ2) is 7.85. The second-order valence-electron chi connectivity index (χ2n) is 6.07. The fourth-order valence-corrected chi connectivity index (χ4v) is 2.91. The number of rotatable bonds is 7. The predicted molar refractivity (Wildman–Crippen MR) is 96.9 cm³/mol. The molecule has 0 unspecified atom stereocenters. The molecular formula is C19H22ClNO4. The molecule has 0 bridgehead atoms. The summed E-state index contributed by atoms with van der Waals surface area (Å²) in [6.45, 7) is 5.57. The zero-order chi connectivity index (χ0) is 17.8. The summed E-state index contributed by atoms with van der Waals surface area (Å²) >= 11 is 6.35. The Kier molecular flexibility index (Phi) is 5.56. The van der Waals surface area contributed by atoms with Gasteiger partial charge in [-0.3, -0.25) is 0 Å². The van der Waals surface area contributed by atoms with E-state index in [1.165, 1.54) is 0 Å². The summed E-state index contributed by atoms with van der Waals surface area (Å²) in [5.74, 6) is 2.81. The Labute approximate surface area is 152 Å². The number of fused-ring (bicyclic) bond motifs is 1. The van der Waals surface area contributed by atoms with Crippen LogP contribution in [-0.2, 0) is 13.1 Å². The second-order valence-corrected chi connectivity index (χ2v) is 6.47. The number of hydrogen-bond donors (Lipinski definition) is 1. The molecule has 0 atom stereocenters. The summed E-state index contributed by atoms with van der Waals surface area (Å²) in [4.78, 5) is 0. The average molecular weight is 364 g/mol. The van der Waals surface area contributed by atoms with Gasteiger partial charge in [0, 0.05) is 13.1 Å². The van der Waals surface area contributed by atoms with Crippen LogP contribution in [0.3, 0.4) is 0 Å². The van der Waals surface area contributed by atoms with Gasteiger partial charge in [0.25, 0.3) is 0 Å². The first-order valence-corrected chi connectivity index (χ1v) is 8.57. The number of ether oxygens (including phenoxy) is 4. The molecule has 2 aromatic rings. The minimum atomic E-state index is 0.0291. The molecule has 0 amide bonds. The molecule has 1 heterocycles. The molecule has 0 aromatic heterocycles. The quantitative estimate of drug-likeness (QED) is 0.800. The molecule has 0 fully saturated rings. The number of benzene rings is 2. The van der Waals surface area contributed by atoms with Gasteiger partial charge in [-0.1, -0.05) is 17.7 Å². The lowest BCUT2D eigenvalue weighted by molar-refractivity contribution is 0.174. The molecule has 25 heavy (non-hydrogen) atoms. The minimum absolute atomic E-state index is 0.0291. The maximum atomic E-state index is 6.35. The zero-order valence-electron chi connectivity index (χ0n) is 14.6. The highest BCUT2D eigenvalue weighted by molar-refractivity contribution is 6.32. The van der Waals surface area contributed by atoms with Crippen molar-refractivity contribution in [3.05, 3.63) is 46.5 Å². The molecular weight excluding hydrogens is 342 g/mol. The number of nitrogens with one attached hydrogen (secondary N) is 1. The van der Waals surface area contributed by atoms with E-state index in [2.05, 4.69) is 5.32 Å². The van der Waals surface area contributed by atoms with Gasteiger partial charge in [-0.2, -0.15) is 0 Å². The molecule has 1 N–H and O–H groups in total. The van der Waals surface area contributed by atoms with Gasteiger partial charge in [0.15, 0.2) is 23.0 Å². The summed E-state index contributed by atoms with van der Waals surface area (Å²) in [5, 5.41) is 3.95. The lowest BCUT2D eigenvalue weighted by atomic mass is 10.1. The number of hydrogen-bond acceptors (Lipinski definition) is 5. The van der Waals surface area contributed by atoms with Crippen LogP contribution in [0.25, 0.3) is 0 Å². The lowest BCUT2D eigenvalue weighted by Gasteiger charge is -2.16. The zero-order valence-corrected chi connectivity index (χ0v) is 15.4. The third-order valence-electron chi connectivity index (χ3n) is 3.74. The Morgan fingerprint density at radius 1 is 1.08 bits per heavy atom. The van der Waals surface area contributed by atoms with Gasteiger partial charge >= 0.3 is 0 Å². The Balaban J connectivity index is 1.64. The van der Waals surface area contributed by atoms with E-state index in [1.54, 1.807) is 7.11 Å². The standard InChI is InChI=1S/C19H22ClNO4/c1-12(2)25-19-15(20)6-14(8-18(19)22-3)10-21-9-13-4-5-16-17(7-13)24-11-23-16/h4-8,12,21H,9-11H2,1-3H3. The largest absolute Gasteiger partial charge is 0.493 e. The van der Waals surface area contributed by atoms with E-state index in [9.17, 15) is 0 Å². The van der Waals surface area contributed by atoms with Crippen molar-refractivity contribution < 1.29 is 18.9 Å². The highest BCUT2D eigenvalue weighted by Crippen LogP contribution is 2.37. The van der Waals surface area contributed by atoms with Crippen molar-refractivity contribution in [2.75, 3.05) is 13.9 Å². The molecule has 2 aromatic carbocycles. The summed E-state index contributed by atoms with van der Waals surface area (Å²) in [6.07, 6.45) is 0.0291. The average Bonchev–Trinajstić information content (AvgIpc) is 3.04. The third kappa shape index (κ3) is 4.30. The molecule has 6 heteroatoms. The molecule has 5 nitrogen and oxygen atoms in total. The van der Waals surface area contributed by atoms with E-state index < -0.39 is 0 Å². The summed E-state index contributed by atoms with van der Waals surface area (Å²) in [5.41, 5.74) is 2.15. The van der Waals surface area contributed by atoms with E-state index in [0.29, 0.717) is 29.6 Å². The summed E-state index contributed by atoms with van der Waals surface area (Å²) in [7, 11) is 1.61. The Morgan fingerprint density at radius 2 is 1.84 bits per heavy atom. The maximum Gasteiger partial charge on any atom is 0.231 e. The van der Waals surface area contributed by atoms with Gasteiger partial charge in [0.1, 0.15) is 0 Å². The van der Waals surface area contributed by atoms with E-state index >= 15 is 0 Å². The Morgan fingerprint density at radius 3 is 2.60 bits per heavy atom. The van der Waals surface area contributed by atoms with Crippen LogP contribution in [0.1, 0.15) is 25.0 Å². The Bertz CT molecular complexity index is 748. The normalized spacial score (nSPS) is 12.5. The van der Waals surface area contributed by atoms with Gasteiger partial charge < -0.3 is 24.3 Å². The van der Waals surface area contributed by atoms with E-state index in [4.69, 9.17) is 30.5 Å². The van der Waals surface area contributed by atoms with Crippen molar-refractivity contribution in [1.82, 2.24) is 5.32 Å². The van der Waals surface area contributed by atoms with Crippen molar-refractivity contribution in [1.29, 1.82) is 0 Å². The van der Waals surface area contributed by atoms with Crippen molar-refractivity contribution in [3.63, 3.8) is 0 Å². The maximum absolute atomic E-state index is 6.35. The van der Waals surface area contributed by atoms with Crippen LogP contribution >= 0.6 is 11.6 Å². The molecule has 0 radical (unpaired) electrons. The van der Waals surface area contributed by atoms with E-state index in [1.807, 2.05) is 44.2 Å².